The number of carbonyl (C=O) groups is 2. The molecule has 0 aromatic carbocycles. The molecule has 2 atom stereocenters. The minimum Gasteiger partial charge on any atom is -0.369 e. The number of primary amides is 1. The third-order valence-corrected chi connectivity index (χ3v) is 3.50. The van der Waals surface area contributed by atoms with E-state index in [4.69, 9.17) is 5.73 Å². The Kier molecular flexibility index (Phi) is 4.51. The van der Waals surface area contributed by atoms with Gasteiger partial charge in [0.25, 0.3) is 0 Å². The van der Waals surface area contributed by atoms with Gasteiger partial charge in [-0.2, -0.15) is 0 Å². The van der Waals surface area contributed by atoms with Crippen molar-refractivity contribution in [1.82, 2.24) is 10.2 Å². The highest BCUT2D eigenvalue weighted by Gasteiger charge is 2.41. The van der Waals surface area contributed by atoms with E-state index in [9.17, 15) is 9.59 Å². The third-order valence-electron chi connectivity index (χ3n) is 3.50. The number of rotatable bonds is 5. The zero-order valence-corrected chi connectivity index (χ0v) is 11.0. The minimum atomic E-state index is -0.548. The van der Waals surface area contributed by atoms with Crippen LogP contribution in [0.5, 0.6) is 0 Å². The molecule has 98 valence electrons. The first-order chi connectivity index (χ1) is 7.90. The quantitative estimate of drug-likeness (QED) is 0.709. The summed E-state index contributed by atoms with van der Waals surface area (Å²) in [6.45, 7) is 8.38. The van der Waals surface area contributed by atoms with Crippen LogP contribution in [0.4, 0.5) is 0 Å². The van der Waals surface area contributed by atoms with Crippen LogP contribution in [-0.2, 0) is 9.59 Å². The minimum absolute atomic E-state index is 0.0508. The molecule has 3 N–H and O–H groups in total. The molecule has 2 amide bonds. The second kappa shape index (κ2) is 5.49. The van der Waals surface area contributed by atoms with E-state index in [1.54, 1.807) is 4.90 Å². The number of nitrogens with one attached hydrogen (secondary N) is 1. The van der Waals surface area contributed by atoms with E-state index >= 15 is 0 Å². The summed E-state index contributed by atoms with van der Waals surface area (Å²) in [4.78, 5) is 25.2. The van der Waals surface area contributed by atoms with Crippen LogP contribution in [0.15, 0.2) is 0 Å². The molecule has 0 saturated carbocycles. The van der Waals surface area contributed by atoms with E-state index in [0.717, 1.165) is 6.54 Å². The summed E-state index contributed by atoms with van der Waals surface area (Å²) in [6.07, 6.45) is 0.669. The van der Waals surface area contributed by atoms with E-state index in [0.29, 0.717) is 26.1 Å². The number of nitrogens with two attached hydrogens (primary N) is 1. The molecule has 17 heavy (non-hydrogen) atoms. The molecule has 1 heterocycles. The van der Waals surface area contributed by atoms with Crippen molar-refractivity contribution in [3.05, 3.63) is 0 Å². The van der Waals surface area contributed by atoms with E-state index < -0.39 is 5.41 Å². The topological polar surface area (TPSA) is 75.4 Å². The van der Waals surface area contributed by atoms with Crippen LogP contribution in [0.3, 0.4) is 0 Å². The molecular formula is C12H23N3O2. The highest BCUT2D eigenvalue weighted by atomic mass is 16.2. The van der Waals surface area contributed by atoms with Gasteiger partial charge in [0, 0.05) is 25.6 Å². The lowest BCUT2D eigenvalue weighted by Crippen LogP contribution is -2.41. The molecule has 2 unspecified atom stereocenters. The van der Waals surface area contributed by atoms with E-state index in [1.807, 2.05) is 20.8 Å². The van der Waals surface area contributed by atoms with Crippen LogP contribution >= 0.6 is 0 Å². The summed E-state index contributed by atoms with van der Waals surface area (Å²) >= 11 is 0. The van der Waals surface area contributed by atoms with E-state index in [2.05, 4.69) is 5.32 Å². The zero-order chi connectivity index (χ0) is 13.1. The molecule has 0 aromatic heterocycles. The van der Waals surface area contributed by atoms with Crippen LogP contribution < -0.4 is 11.1 Å². The third kappa shape index (κ3) is 3.19. The van der Waals surface area contributed by atoms with Crippen molar-refractivity contribution in [3.8, 4) is 0 Å². The second-order valence-electron chi connectivity index (χ2n) is 5.14. The maximum atomic E-state index is 12.1. The molecule has 0 radical (unpaired) electrons. The summed E-state index contributed by atoms with van der Waals surface area (Å²) in [5.74, 6) is -0.256. The molecule has 0 aliphatic carbocycles. The van der Waals surface area contributed by atoms with Gasteiger partial charge in [-0.3, -0.25) is 9.59 Å². The van der Waals surface area contributed by atoms with Crippen molar-refractivity contribution in [2.24, 2.45) is 17.1 Å². The molecular weight excluding hydrogens is 218 g/mol. The Morgan fingerprint density at radius 1 is 1.53 bits per heavy atom. The molecule has 1 fully saturated rings. The molecule has 5 nitrogen and oxygen atoms in total. The van der Waals surface area contributed by atoms with Crippen molar-refractivity contribution in [2.75, 3.05) is 26.2 Å². The smallest absolute Gasteiger partial charge is 0.226 e. The lowest BCUT2D eigenvalue weighted by molar-refractivity contribution is -0.134. The highest BCUT2D eigenvalue weighted by Crippen LogP contribution is 2.30. The Labute approximate surface area is 103 Å². The van der Waals surface area contributed by atoms with Gasteiger partial charge in [-0.05, 0) is 19.9 Å². The van der Waals surface area contributed by atoms with Crippen molar-refractivity contribution in [1.29, 1.82) is 0 Å². The summed E-state index contributed by atoms with van der Waals surface area (Å²) in [5.41, 5.74) is 4.81. The number of nitrogens with zero attached hydrogens (tertiary/aromatic N) is 1. The Hall–Kier alpha value is -1.10. The zero-order valence-electron chi connectivity index (χ0n) is 11.0. The largest absolute Gasteiger partial charge is 0.369 e. The van der Waals surface area contributed by atoms with Gasteiger partial charge in [0.15, 0.2) is 0 Å². The van der Waals surface area contributed by atoms with Crippen LogP contribution in [-0.4, -0.2) is 42.9 Å². The summed E-state index contributed by atoms with van der Waals surface area (Å²) in [5, 5.41) is 3.16. The number of amides is 2. The monoisotopic (exact) mass is 241 g/mol. The van der Waals surface area contributed by atoms with Crippen molar-refractivity contribution >= 4 is 11.8 Å². The summed E-state index contributed by atoms with van der Waals surface area (Å²) in [7, 11) is 0. The second-order valence-corrected chi connectivity index (χ2v) is 5.14. The van der Waals surface area contributed by atoms with Crippen LogP contribution in [0, 0.1) is 11.3 Å². The summed E-state index contributed by atoms with van der Waals surface area (Å²) in [6, 6.07) is 0. The molecule has 5 heteroatoms. The normalized spacial score (nSPS) is 25.9. The van der Waals surface area contributed by atoms with E-state index in [-0.39, 0.29) is 17.7 Å². The first-order valence-electron chi connectivity index (χ1n) is 6.20. The molecule has 0 spiro atoms. The summed E-state index contributed by atoms with van der Waals surface area (Å²) < 4.78 is 0. The van der Waals surface area contributed by atoms with Crippen molar-refractivity contribution in [3.63, 3.8) is 0 Å². The molecule has 1 aliphatic rings. The maximum absolute atomic E-state index is 12.1. The number of hydrogen-bond donors (Lipinski definition) is 2. The SMILES string of the molecule is CCNCC(C)C(=O)N1CCC(C)(C(N)=O)C1. The Morgan fingerprint density at radius 2 is 2.18 bits per heavy atom. The lowest BCUT2D eigenvalue weighted by atomic mass is 9.89. The van der Waals surface area contributed by atoms with Gasteiger partial charge < -0.3 is 16.0 Å². The fourth-order valence-corrected chi connectivity index (χ4v) is 2.11. The fourth-order valence-electron chi connectivity index (χ4n) is 2.11. The molecule has 1 saturated heterocycles. The number of hydrogen-bond acceptors (Lipinski definition) is 3. The van der Waals surface area contributed by atoms with Crippen molar-refractivity contribution in [2.45, 2.75) is 27.2 Å². The van der Waals surface area contributed by atoms with Gasteiger partial charge in [-0.1, -0.05) is 13.8 Å². The van der Waals surface area contributed by atoms with Gasteiger partial charge >= 0.3 is 0 Å². The predicted octanol–water partition coefficient (Wildman–Crippen LogP) is -0.0441. The molecule has 1 rings (SSSR count). The van der Waals surface area contributed by atoms with Crippen LogP contribution in [0.2, 0.25) is 0 Å². The number of likely N-dealkylation sites (tertiary alicyclic amines) is 1. The first kappa shape index (κ1) is 14.0. The Balaban J connectivity index is 2.53. The van der Waals surface area contributed by atoms with Gasteiger partial charge in [0.05, 0.1) is 5.41 Å². The van der Waals surface area contributed by atoms with E-state index in [1.165, 1.54) is 0 Å². The Morgan fingerprint density at radius 3 is 2.65 bits per heavy atom. The Bertz CT molecular complexity index is 306. The van der Waals surface area contributed by atoms with Crippen molar-refractivity contribution < 1.29 is 9.59 Å². The molecule has 0 aromatic rings. The average molecular weight is 241 g/mol. The van der Waals surface area contributed by atoms with Gasteiger partial charge in [0.2, 0.25) is 11.8 Å². The van der Waals surface area contributed by atoms with Gasteiger partial charge in [-0.25, -0.2) is 0 Å². The standard InChI is InChI=1S/C12H23N3O2/c1-4-14-7-9(2)10(16)15-6-5-12(3,8-15)11(13)17/h9,14H,4-8H2,1-3H3,(H2,13,17). The molecule has 0 bridgehead atoms. The first-order valence-corrected chi connectivity index (χ1v) is 6.20. The molecule has 1 aliphatic heterocycles. The fraction of sp³-hybridized carbons (Fsp3) is 0.833. The van der Waals surface area contributed by atoms with Gasteiger partial charge in [0.1, 0.15) is 0 Å². The van der Waals surface area contributed by atoms with Gasteiger partial charge in [-0.15, -0.1) is 0 Å². The number of carbonyl (C=O) groups excluding carboxylic acids is 2. The van der Waals surface area contributed by atoms with Crippen LogP contribution in [0.25, 0.3) is 0 Å². The van der Waals surface area contributed by atoms with Crippen LogP contribution in [0.1, 0.15) is 27.2 Å². The highest BCUT2D eigenvalue weighted by molar-refractivity contribution is 5.84. The predicted molar refractivity (Wildman–Crippen MR) is 66.2 cm³/mol. The maximum Gasteiger partial charge on any atom is 0.226 e. The average Bonchev–Trinajstić information content (AvgIpc) is 2.69. The lowest BCUT2D eigenvalue weighted by Gasteiger charge is -2.23.